The molecule has 6 nitrogen and oxygen atoms in total. The Hall–Kier alpha value is -2.32. The normalized spacial score (nSPS) is 10.7. The monoisotopic (exact) mass is 353 g/mol. The van der Waals surface area contributed by atoms with Gasteiger partial charge in [-0.1, -0.05) is 23.4 Å². The third kappa shape index (κ3) is 3.91. The first-order chi connectivity index (χ1) is 11.1. The topological polar surface area (TPSA) is 81.2 Å². The molecule has 0 spiro atoms. The molecule has 3 aromatic rings. The van der Waals surface area contributed by atoms with Crippen molar-refractivity contribution in [2.45, 2.75) is 5.22 Å². The highest BCUT2D eigenvalue weighted by atomic mass is 35.5. The summed E-state index contributed by atoms with van der Waals surface area (Å²) in [5.74, 6) is -0.113. The minimum absolute atomic E-state index is 0.0504. The molecular formula is C14H9ClFN3O3S. The summed E-state index contributed by atoms with van der Waals surface area (Å²) in [6, 6.07) is 7.33. The number of anilines is 1. The molecule has 0 fully saturated rings. The SMILES string of the molecule is O=C(CSc1nnc(-c2ccco2)o1)Nc1ccc(F)c(Cl)c1. The van der Waals surface area contributed by atoms with Gasteiger partial charge in [-0.15, -0.1) is 10.2 Å². The molecule has 0 aliphatic heterocycles. The quantitative estimate of drug-likeness (QED) is 0.701. The van der Waals surface area contributed by atoms with Gasteiger partial charge < -0.3 is 14.2 Å². The van der Waals surface area contributed by atoms with Crippen LogP contribution in [0.15, 0.2) is 50.7 Å². The highest BCUT2D eigenvalue weighted by molar-refractivity contribution is 7.99. The number of thioether (sulfide) groups is 1. The van der Waals surface area contributed by atoms with Gasteiger partial charge in [0.2, 0.25) is 5.91 Å². The number of benzene rings is 1. The van der Waals surface area contributed by atoms with Gasteiger partial charge in [0.1, 0.15) is 5.82 Å². The van der Waals surface area contributed by atoms with Gasteiger partial charge in [-0.25, -0.2) is 4.39 Å². The van der Waals surface area contributed by atoms with E-state index in [1.807, 2.05) is 0 Å². The van der Waals surface area contributed by atoms with E-state index in [1.165, 1.54) is 24.5 Å². The molecule has 118 valence electrons. The molecule has 0 bridgehead atoms. The Bertz CT molecular complexity index is 823. The van der Waals surface area contributed by atoms with E-state index in [0.717, 1.165) is 11.8 Å². The number of nitrogens with zero attached hydrogens (tertiary/aromatic N) is 2. The van der Waals surface area contributed by atoms with Crippen LogP contribution in [-0.2, 0) is 4.79 Å². The maximum atomic E-state index is 13.0. The molecule has 1 aromatic carbocycles. The highest BCUT2D eigenvalue weighted by Crippen LogP contribution is 2.24. The molecule has 0 unspecified atom stereocenters. The predicted molar refractivity (Wildman–Crippen MR) is 82.8 cm³/mol. The molecule has 2 aromatic heterocycles. The van der Waals surface area contributed by atoms with Crippen LogP contribution in [-0.4, -0.2) is 21.9 Å². The third-order valence-electron chi connectivity index (χ3n) is 2.67. The van der Waals surface area contributed by atoms with E-state index in [2.05, 4.69) is 15.5 Å². The fourth-order valence-corrected chi connectivity index (χ4v) is 2.41. The maximum Gasteiger partial charge on any atom is 0.284 e. The number of carbonyl (C=O) groups excluding carboxylic acids is 1. The summed E-state index contributed by atoms with van der Waals surface area (Å²) in [7, 11) is 0. The van der Waals surface area contributed by atoms with Crippen LogP contribution in [0.1, 0.15) is 0 Å². The summed E-state index contributed by atoms with van der Waals surface area (Å²) in [5, 5.41) is 10.4. The van der Waals surface area contributed by atoms with Crippen molar-refractivity contribution in [3.05, 3.63) is 47.4 Å². The summed E-state index contributed by atoms with van der Waals surface area (Å²) in [4.78, 5) is 11.8. The van der Waals surface area contributed by atoms with Gasteiger partial charge in [-0.2, -0.15) is 0 Å². The number of aromatic nitrogens is 2. The van der Waals surface area contributed by atoms with Gasteiger partial charge in [-0.05, 0) is 30.3 Å². The van der Waals surface area contributed by atoms with Gasteiger partial charge in [0.25, 0.3) is 11.1 Å². The van der Waals surface area contributed by atoms with Crippen molar-refractivity contribution in [1.82, 2.24) is 10.2 Å². The minimum Gasteiger partial charge on any atom is -0.459 e. The molecule has 0 radical (unpaired) electrons. The largest absolute Gasteiger partial charge is 0.459 e. The maximum absolute atomic E-state index is 13.0. The molecule has 0 atom stereocenters. The van der Waals surface area contributed by atoms with Crippen LogP contribution in [0.4, 0.5) is 10.1 Å². The number of halogens is 2. The van der Waals surface area contributed by atoms with E-state index >= 15 is 0 Å². The van der Waals surface area contributed by atoms with Crippen LogP contribution in [0.3, 0.4) is 0 Å². The molecule has 23 heavy (non-hydrogen) atoms. The number of hydrogen-bond acceptors (Lipinski definition) is 6. The number of carbonyl (C=O) groups is 1. The summed E-state index contributed by atoms with van der Waals surface area (Å²) >= 11 is 6.72. The zero-order valence-electron chi connectivity index (χ0n) is 11.5. The Balaban J connectivity index is 1.55. The Morgan fingerprint density at radius 3 is 2.96 bits per heavy atom. The van der Waals surface area contributed by atoms with E-state index in [9.17, 15) is 9.18 Å². The molecule has 0 aliphatic carbocycles. The molecule has 1 N–H and O–H groups in total. The first kappa shape index (κ1) is 15.6. The minimum atomic E-state index is -0.546. The van der Waals surface area contributed by atoms with Crippen LogP contribution < -0.4 is 5.32 Å². The zero-order chi connectivity index (χ0) is 16.2. The first-order valence-corrected chi connectivity index (χ1v) is 7.73. The summed E-state index contributed by atoms with van der Waals surface area (Å²) < 4.78 is 23.5. The van der Waals surface area contributed by atoms with Crippen LogP contribution in [0.5, 0.6) is 0 Å². The van der Waals surface area contributed by atoms with Crippen molar-refractivity contribution in [2.24, 2.45) is 0 Å². The van der Waals surface area contributed by atoms with Crippen LogP contribution >= 0.6 is 23.4 Å². The third-order valence-corrected chi connectivity index (χ3v) is 3.78. The van der Waals surface area contributed by atoms with Crippen LogP contribution in [0, 0.1) is 5.82 Å². The smallest absolute Gasteiger partial charge is 0.284 e. The van der Waals surface area contributed by atoms with Crippen molar-refractivity contribution in [3.63, 3.8) is 0 Å². The number of nitrogens with one attached hydrogen (secondary N) is 1. The van der Waals surface area contributed by atoms with E-state index < -0.39 is 5.82 Å². The molecule has 2 heterocycles. The van der Waals surface area contributed by atoms with Crippen molar-refractivity contribution in [3.8, 4) is 11.7 Å². The predicted octanol–water partition coefficient (Wildman–Crippen LogP) is 3.85. The molecule has 0 saturated heterocycles. The van der Waals surface area contributed by atoms with E-state index in [4.69, 9.17) is 20.4 Å². The van der Waals surface area contributed by atoms with Crippen molar-refractivity contribution in [2.75, 3.05) is 11.1 Å². The van der Waals surface area contributed by atoms with Gasteiger partial charge in [0, 0.05) is 5.69 Å². The number of hydrogen-bond donors (Lipinski definition) is 1. The standard InChI is InChI=1S/C14H9ClFN3O3S/c15-9-6-8(3-4-10(9)16)17-12(20)7-23-14-19-18-13(22-14)11-2-1-5-21-11/h1-6H,7H2,(H,17,20). The fraction of sp³-hybridized carbons (Fsp3) is 0.0714. The highest BCUT2D eigenvalue weighted by Gasteiger charge is 2.13. The Morgan fingerprint density at radius 2 is 2.22 bits per heavy atom. The lowest BCUT2D eigenvalue weighted by atomic mass is 10.3. The molecule has 1 amide bonds. The molecular weight excluding hydrogens is 345 g/mol. The second-order valence-corrected chi connectivity index (χ2v) is 5.65. The lowest BCUT2D eigenvalue weighted by Crippen LogP contribution is -2.14. The summed E-state index contributed by atoms with van der Waals surface area (Å²) in [6.07, 6.45) is 1.49. The van der Waals surface area contributed by atoms with Crippen molar-refractivity contribution < 1.29 is 18.0 Å². The average Bonchev–Trinajstić information content (AvgIpc) is 3.19. The summed E-state index contributed by atoms with van der Waals surface area (Å²) in [5.41, 5.74) is 0.406. The van der Waals surface area contributed by atoms with Crippen molar-refractivity contribution in [1.29, 1.82) is 0 Å². The molecule has 0 aliphatic rings. The fourth-order valence-electron chi connectivity index (χ4n) is 1.67. The number of furan rings is 1. The zero-order valence-corrected chi connectivity index (χ0v) is 13.0. The van der Waals surface area contributed by atoms with Crippen LogP contribution in [0.25, 0.3) is 11.7 Å². The Morgan fingerprint density at radius 1 is 1.35 bits per heavy atom. The second kappa shape index (κ2) is 6.84. The first-order valence-electron chi connectivity index (χ1n) is 6.37. The van der Waals surface area contributed by atoms with Gasteiger partial charge in [0.05, 0.1) is 17.0 Å². The second-order valence-electron chi connectivity index (χ2n) is 4.32. The number of amides is 1. The van der Waals surface area contributed by atoms with Gasteiger partial charge in [-0.3, -0.25) is 4.79 Å². The van der Waals surface area contributed by atoms with Gasteiger partial charge in [0.15, 0.2) is 5.76 Å². The van der Waals surface area contributed by atoms with E-state index in [1.54, 1.807) is 12.1 Å². The molecule has 3 rings (SSSR count). The summed E-state index contributed by atoms with van der Waals surface area (Å²) in [6.45, 7) is 0. The Labute approximate surface area is 139 Å². The van der Waals surface area contributed by atoms with Gasteiger partial charge >= 0.3 is 0 Å². The van der Waals surface area contributed by atoms with Crippen molar-refractivity contribution >= 4 is 35.0 Å². The number of rotatable bonds is 5. The lowest BCUT2D eigenvalue weighted by Gasteiger charge is -2.04. The van der Waals surface area contributed by atoms with Crippen LogP contribution in [0.2, 0.25) is 5.02 Å². The van der Waals surface area contributed by atoms with E-state index in [0.29, 0.717) is 11.4 Å². The molecule has 9 heteroatoms. The Kier molecular flexibility index (Phi) is 4.63. The average molecular weight is 354 g/mol. The lowest BCUT2D eigenvalue weighted by molar-refractivity contribution is -0.113. The molecule has 0 saturated carbocycles. The van der Waals surface area contributed by atoms with E-state index in [-0.39, 0.29) is 27.8 Å².